The Morgan fingerprint density at radius 2 is 1.97 bits per heavy atom. The zero-order valence-corrected chi connectivity index (χ0v) is 17.6. The molecular formula is C23H23N3O2S. The highest BCUT2D eigenvalue weighted by molar-refractivity contribution is 7.07. The zero-order chi connectivity index (χ0) is 20.4. The van der Waals surface area contributed by atoms with Crippen LogP contribution in [0.25, 0.3) is 11.3 Å². The van der Waals surface area contributed by atoms with Gasteiger partial charge in [-0.15, -0.1) is 11.3 Å². The fourth-order valence-electron chi connectivity index (χ4n) is 2.94. The SMILES string of the molecule is C=C(C)CN=c1scc(-c2ccc(C)c(C)c2)n1N=Cc1ccc2c(c1)OCO2. The maximum Gasteiger partial charge on any atom is 0.231 e. The van der Waals surface area contributed by atoms with Gasteiger partial charge >= 0.3 is 0 Å². The van der Waals surface area contributed by atoms with Crippen LogP contribution in [0.1, 0.15) is 23.6 Å². The molecule has 1 aliphatic rings. The lowest BCUT2D eigenvalue weighted by Gasteiger charge is -2.07. The normalized spacial score (nSPS) is 13.4. The molecule has 0 radical (unpaired) electrons. The van der Waals surface area contributed by atoms with Crippen molar-refractivity contribution in [1.29, 1.82) is 0 Å². The summed E-state index contributed by atoms with van der Waals surface area (Å²) in [6.07, 6.45) is 1.82. The molecule has 0 N–H and O–H groups in total. The third kappa shape index (κ3) is 4.17. The molecule has 0 unspecified atom stereocenters. The van der Waals surface area contributed by atoms with Crippen LogP contribution in [0.5, 0.6) is 11.5 Å². The molecule has 2 aromatic carbocycles. The highest BCUT2D eigenvalue weighted by Gasteiger charge is 2.13. The summed E-state index contributed by atoms with van der Waals surface area (Å²) in [7, 11) is 0. The first-order valence-corrected chi connectivity index (χ1v) is 10.3. The average Bonchev–Trinajstić information content (AvgIpc) is 3.33. The zero-order valence-electron chi connectivity index (χ0n) is 16.8. The topological polar surface area (TPSA) is 48.1 Å². The second-order valence-corrected chi connectivity index (χ2v) is 7.98. The van der Waals surface area contributed by atoms with Crippen LogP contribution in [0, 0.1) is 13.8 Å². The molecule has 0 atom stereocenters. The third-order valence-corrected chi connectivity index (χ3v) is 5.55. The van der Waals surface area contributed by atoms with E-state index < -0.39 is 0 Å². The molecular weight excluding hydrogens is 382 g/mol. The molecule has 29 heavy (non-hydrogen) atoms. The lowest BCUT2D eigenvalue weighted by atomic mass is 10.1. The van der Waals surface area contributed by atoms with Crippen molar-refractivity contribution in [2.45, 2.75) is 20.8 Å². The van der Waals surface area contributed by atoms with Crippen LogP contribution >= 0.6 is 11.3 Å². The Labute approximate surface area is 174 Å². The predicted molar refractivity (Wildman–Crippen MR) is 118 cm³/mol. The summed E-state index contributed by atoms with van der Waals surface area (Å²) in [5, 5.41) is 6.85. The fourth-order valence-corrected chi connectivity index (χ4v) is 3.78. The molecule has 0 saturated carbocycles. The van der Waals surface area contributed by atoms with Crippen molar-refractivity contribution in [2.24, 2.45) is 10.1 Å². The summed E-state index contributed by atoms with van der Waals surface area (Å²) >= 11 is 1.58. The van der Waals surface area contributed by atoms with E-state index in [1.54, 1.807) is 11.3 Å². The Morgan fingerprint density at radius 3 is 2.76 bits per heavy atom. The molecule has 0 fully saturated rings. The molecule has 6 heteroatoms. The van der Waals surface area contributed by atoms with Gasteiger partial charge in [0.05, 0.1) is 18.5 Å². The second kappa shape index (κ2) is 8.09. The largest absolute Gasteiger partial charge is 0.454 e. The van der Waals surface area contributed by atoms with E-state index in [1.807, 2.05) is 36.0 Å². The number of hydrogen-bond acceptors (Lipinski definition) is 5. The van der Waals surface area contributed by atoms with Gasteiger partial charge in [0, 0.05) is 10.9 Å². The molecule has 3 aromatic rings. The van der Waals surface area contributed by atoms with Crippen molar-refractivity contribution in [3.63, 3.8) is 0 Å². The van der Waals surface area contributed by atoms with Crippen LogP contribution in [0.2, 0.25) is 0 Å². The lowest BCUT2D eigenvalue weighted by molar-refractivity contribution is 0.174. The quantitative estimate of drug-likeness (QED) is 0.447. The number of benzene rings is 2. The molecule has 0 aliphatic carbocycles. The van der Waals surface area contributed by atoms with E-state index in [2.05, 4.69) is 49.0 Å². The molecule has 1 aromatic heterocycles. The van der Waals surface area contributed by atoms with Crippen molar-refractivity contribution in [1.82, 2.24) is 4.68 Å². The van der Waals surface area contributed by atoms with E-state index in [-0.39, 0.29) is 6.79 Å². The van der Waals surface area contributed by atoms with Crippen LogP contribution in [0.3, 0.4) is 0 Å². The highest BCUT2D eigenvalue weighted by Crippen LogP contribution is 2.32. The van der Waals surface area contributed by atoms with Gasteiger partial charge in [0.1, 0.15) is 0 Å². The number of rotatable bonds is 5. The van der Waals surface area contributed by atoms with E-state index in [0.717, 1.165) is 38.7 Å². The average molecular weight is 406 g/mol. The van der Waals surface area contributed by atoms with Gasteiger partial charge < -0.3 is 9.47 Å². The van der Waals surface area contributed by atoms with Gasteiger partial charge in [-0.1, -0.05) is 24.3 Å². The highest BCUT2D eigenvalue weighted by atomic mass is 32.1. The Bertz CT molecular complexity index is 1170. The van der Waals surface area contributed by atoms with Gasteiger partial charge in [-0.3, -0.25) is 4.99 Å². The van der Waals surface area contributed by atoms with Crippen LogP contribution in [0.15, 0.2) is 64.0 Å². The minimum Gasteiger partial charge on any atom is -0.454 e. The first kappa shape index (κ1) is 19.2. The molecule has 0 saturated heterocycles. The van der Waals surface area contributed by atoms with Gasteiger partial charge in [0.2, 0.25) is 11.6 Å². The van der Waals surface area contributed by atoms with Crippen molar-refractivity contribution in [3.8, 4) is 22.8 Å². The Balaban J connectivity index is 1.76. The van der Waals surface area contributed by atoms with Crippen LogP contribution in [-0.2, 0) is 0 Å². The van der Waals surface area contributed by atoms with Crippen molar-refractivity contribution in [2.75, 3.05) is 13.3 Å². The van der Waals surface area contributed by atoms with E-state index in [9.17, 15) is 0 Å². The monoisotopic (exact) mass is 405 g/mol. The van der Waals surface area contributed by atoms with Gasteiger partial charge in [-0.05, 0) is 61.7 Å². The molecule has 4 rings (SSSR count). The van der Waals surface area contributed by atoms with Gasteiger partial charge in [-0.2, -0.15) is 5.10 Å². The van der Waals surface area contributed by atoms with Crippen molar-refractivity contribution >= 4 is 17.6 Å². The molecule has 1 aliphatic heterocycles. The van der Waals surface area contributed by atoms with E-state index in [0.29, 0.717) is 6.54 Å². The Morgan fingerprint density at radius 1 is 1.14 bits per heavy atom. The van der Waals surface area contributed by atoms with Crippen LogP contribution in [0.4, 0.5) is 0 Å². The number of hydrogen-bond donors (Lipinski definition) is 0. The summed E-state index contributed by atoms with van der Waals surface area (Å²) in [5.41, 5.74) is 6.59. The van der Waals surface area contributed by atoms with E-state index in [4.69, 9.17) is 14.6 Å². The number of thiazole rings is 1. The number of ether oxygens (including phenoxy) is 2. The van der Waals surface area contributed by atoms with Crippen molar-refractivity contribution < 1.29 is 9.47 Å². The smallest absolute Gasteiger partial charge is 0.231 e. The number of fused-ring (bicyclic) bond motifs is 1. The minimum absolute atomic E-state index is 0.260. The second-order valence-electron chi connectivity index (χ2n) is 7.14. The molecule has 148 valence electrons. The van der Waals surface area contributed by atoms with Crippen molar-refractivity contribution in [3.05, 3.63) is 75.4 Å². The van der Waals surface area contributed by atoms with Crippen LogP contribution in [-0.4, -0.2) is 24.2 Å². The Hall–Kier alpha value is -3.12. The summed E-state index contributed by atoms with van der Waals surface area (Å²) < 4.78 is 12.7. The summed E-state index contributed by atoms with van der Waals surface area (Å²) in [5.74, 6) is 1.50. The maximum atomic E-state index is 5.47. The summed E-state index contributed by atoms with van der Waals surface area (Å²) in [6.45, 7) is 11.0. The Kier molecular flexibility index (Phi) is 5.36. The predicted octanol–water partition coefficient (Wildman–Crippen LogP) is 4.92. The van der Waals surface area contributed by atoms with Gasteiger partial charge in [0.25, 0.3) is 0 Å². The molecule has 5 nitrogen and oxygen atoms in total. The van der Waals surface area contributed by atoms with Crippen LogP contribution < -0.4 is 14.3 Å². The molecule has 0 spiro atoms. The standard InChI is InChI=1S/C23H23N3O2S/c1-15(2)11-24-23-26(20(13-29-23)19-7-5-16(3)17(4)9-19)25-12-18-6-8-21-22(10-18)28-14-27-21/h5-10,12-13H,1,11,14H2,2-4H3. The van der Waals surface area contributed by atoms with Gasteiger partial charge in [0.15, 0.2) is 11.5 Å². The molecule has 0 bridgehead atoms. The number of aromatic nitrogens is 1. The first-order valence-electron chi connectivity index (χ1n) is 9.38. The number of aryl methyl sites for hydroxylation is 2. The fraction of sp³-hybridized carbons (Fsp3) is 0.217. The van der Waals surface area contributed by atoms with E-state index in [1.165, 1.54) is 11.1 Å². The summed E-state index contributed by atoms with van der Waals surface area (Å²) in [4.78, 5) is 5.52. The lowest BCUT2D eigenvalue weighted by Crippen LogP contribution is -2.13. The minimum atomic E-state index is 0.260. The maximum absolute atomic E-state index is 5.47. The molecule has 2 heterocycles. The third-order valence-electron chi connectivity index (χ3n) is 4.69. The summed E-state index contributed by atoms with van der Waals surface area (Å²) in [6, 6.07) is 12.2. The van der Waals surface area contributed by atoms with E-state index >= 15 is 0 Å². The first-order chi connectivity index (χ1) is 14.0. The van der Waals surface area contributed by atoms with Gasteiger partial charge in [-0.25, -0.2) is 4.68 Å². The molecule has 0 amide bonds. The number of nitrogens with zero attached hydrogens (tertiary/aromatic N) is 3.